The van der Waals surface area contributed by atoms with Crippen molar-refractivity contribution in [3.05, 3.63) is 24.3 Å². The molecule has 0 aromatic carbocycles. The Morgan fingerprint density at radius 2 is 2.27 bits per heavy atom. The van der Waals surface area contributed by atoms with Crippen LogP contribution in [0.5, 0.6) is 0 Å². The van der Waals surface area contributed by atoms with Gasteiger partial charge in [0.1, 0.15) is 0 Å². The summed E-state index contributed by atoms with van der Waals surface area (Å²) in [4.78, 5) is 2.36. The lowest BCUT2D eigenvalue weighted by Crippen LogP contribution is -2.40. The van der Waals surface area contributed by atoms with E-state index < -0.39 is 0 Å². The summed E-state index contributed by atoms with van der Waals surface area (Å²) in [6.45, 7) is 8.31. The first-order valence-corrected chi connectivity index (χ1v) is 4.17. The number of nitrogens with zero attached hydrogens (tertiary/aromatic N) is 1. The summed E-state index contributed by atoms with van der Waals surface area (Å²) in [5.41, 5.74) is 1.27. The summed E-state index contributed by atoms with van der Waals surface area (Å²) in [7, 11) is 2.16. The quantitative estimate of drug-likeness (QED) is 0.519. The van der Waals surface area contributed by atoms with Crippen molar-refractivity contribution in [1.82, 2.24) is 4.90 Å². The van der Waals surface area contributed by atoms with E-state index in [1.807, 2.05) is 0 Å². The molecule has 1 nitrogen and oxygen atoms in total. The Morgan fingerprint density at radius 1 is 1.64 bits per heavy atom. The molecule has 11 heavy (non-hydrogen) atoms. The molecule has 0 amide bonds. The highest BCUT2D eigenvalue weighted by molar-refractivity contribution is 5.12. The molecule has 0 radical (unpaired) electrons. The zero-order valence-electron chi connectivity index (χ0n) is 7.67. The van der Waals surface area contributed by atoms with Gasteiger partial charge < -0.3 is 0 Å². The van der Waals surface area contributed by atoms with Crippen molar-refractivity contribution < 1.29 is 0 Å². The van der Waals surface area contributed by atoms with Crippen LogP contribution in [0.15, 0.2) is 24.3 Å². The first-order valence-electron chi connectivity index (χ1n) is 4.17. The average molecular weight is 151 g/mol. The van der Waals surface area contributed by atoms with Gasteiger partial charge in [0.25, 0.3) is 0 Å². The lowest BCUT2D eigenvalue weighted by molar-refractivity contribution is 0.228. The van der Waals surface area contributed by atoms with E-state index in [9.17, 15) is 0 Å². The standard InChI is InChI=1S/C10H17N/c1-8(2)10-7-5-6-9(3)11(10)4/h5-6,9-10H,1,7H2,2-4H3. The van der Waals surface area contributed by atoms with Gasteiger partial charge in [0.05, 0.1) is 0 Å². The van der Waals surface area contributed by atoms with E-state index in [-0.39, 0.29) is 0 Å². The van der Waals surface area contributed by atoms with Crippen molar-refractivity contribution in [2.75, 3.05) is 7.05 Å². The fourth-order valence-electron chi connectivity index (χ4n) is 1.54. The molecule has 0 aromatic heterocycles. The van der Waals surface area contributed by atoms with Crippen molar-refractivity contribution in [3.63, 3.8) is 0 Å². The van der Waals surface area contributed by atoms with Gasteiger partial charge in [0.2, 0.25) is 0 Å². The van der Waals surface area contributed by atoms with E-state index in [0.29, 0.717) is 12.1 Å². The van der Waals surface area contributed by atoms with Crippen LogP contribution in [0, 0.1) is 0 Å². The summed E-state index contributed by atoms with van der Waals surface area (Å²) < 4.78 is 0. The van der Waals surface area contributed by atoms with Crippen LogP contribution < -0.4 is 0 Å². The fourth-order valence-corrected chi connectivity index (χ4v) is 1.54. The molecule has 0 bridgehead atoms. The molecule has 1 rings (SSSR count). The predicted molar refractivity (Wildman–Crippen MR) is 49.6 cm³/mol. The zero-order chi connectivity index (χ0) is 8.43. The SMILES string of the molecule is C=C(C)C1CC=CC(C)N1C. The topological polar surface area (TPSA) is 3.24 Å². The molecule has 0 aromatic rings. The maximum absolute atomic E-state index is 3.99. The third-order valence-corrected chi connectivity index (χ3v) is 2.48. The van der Waals surface area contributed by atoms with Gasteiger partial charge in [-0.1, -0.05) is 24.3 Å². The number of likely N-dealkylation sites (N-methyl/N-ethyl adjacent to an activating group) is 1. The Balaban J connectivity index is 2.70. The van der Waals surface area contributed by atoms with E-state index in [1.54, 1.807) is 0 Å². The van der Waals surface area contributed by atoms with Crippen LogP contribution in [0.2, 0.25) is 0 Å². The molecule has 1 aliphatic rings. The summed E-state index contributed by atoms with van der Waals surface area (Å²) >= 11 is 0. The molecule has 0 spiro atoms. The number of hydrogen-bond donors (Lipinski definition) is 0. The highest BCUT2D eigenvalue weighted by Crippen LogP contribution is 2.19. The van der Waals surface area contributed by atoms with Gasteiger partial charge >= 0.3 is 0 Å². The van der Waals surface area contributed by atoms with Crippen LogP contribution in [0.25, 0.3) is 0 Å². The van der Waals surface area contributed by atoms with Crippen LogP contribution in [-0.2, 0) is 0 Å². The molecule has 1 heterocycles. The molecule has 1 aliphatic heterocycles. The van der Waals surface area contributed by atoms with E-state index in [0.717, 1.165) is 6.42 Å². The maximum atomic E-state index is 3.99. The normalized spacial score (nSPS) is 32.3. The third-order valence-electron chi connectivity index (χ3n) is 2.48. The second-order valence-corrected chi connectivity index (χ2v) is 3.43. The van der Waals surface area contributed by atoms with Gasteiger partial charge in [-0.25, -0.2) is 0 Å². The maximum Gasteiger partial charge on any atom is 0.0339 e. The summed E-state index contributed by atoms with van der Waals surface area (Å²) in [5.74, 6) is 0. The van der Waals surface area contributed by atoms with Crippen molar-refractivity contribution in [2.24, 2.45) is 0 Å². The first kappa shape index (κ1) is 8.54. The smallest absolute Gasteiger partial charge is 0.0339 e. The van der Waals surface area contributed by atoms with Gasteiger partial charge in [-0.15, -0.1) is 0 Å². The molecule has 0 fully saturated rings. The van der Waals surface area contributed by atoms with Crippen molar-refractivity contribution in [1.29, 1.82) is 0 Å². The molecule has 0 saturated heterocycles. The first-order chi connectivity index (χ1) is 5.13. The fraction of sp³-hybridized carbons (Fsp3) is 0.600. The number of hydrogen-bond acceptors (Lipinski definition) is 1. The summed E-state index contributed by atoms with van der Waals surface area (Å²) in [6.07, 6.45) is 5.62. The number of rotatable bonds is 1. The van der Waals surface area contributed by atoms with E-state index >= 15 is 0 Å². The minimum absolute atomic E-state index is 0.551. The van der Waals surface area contributed by atoms with Crippen LogP contribution in [0.3, 0.4) is 0 Å². The zero-order valence-corrected chi connectivity index (χ0v) is 7.67. The Kier molecular flexibility index (Phi) is 2.50. The summed E-state index contributed by atoms with van der Waals surface area (Å²) in [6, 6.07) is 1.11. The largest absolute Gasteiger partial charge is 0.293 e. The van der Waals surface area contributed by atoms with Crippen LogP contribution in [0.4, 0.5) is 0 Å². The minimum atomic E-state index is 0.551. The van der Waals surface area contributed by atoms with E-state index in [2.05, 4.69) is 44.5 Å². The minimum Gasteiger partial charge on any atom is -0.293 e. The molecule has 0 aliphatic carbocycles. The van der Waals surface area contributed by atoms with Gasteiger partial charge in [-0.3, -0.25) is 4.90 Å². The van der Waals surface area contributed by atoms with Gasteiger partial charge in [0.15, 0.2) is 0 Å². The van der Waals surface area contributed by atoms with Gasteiger partial charge in [-0.2, -0.15) is 0 Å². The highest BCUT2D eigenvalue weighted by Gasteiger charge is 2.20. The molecule has 62 valence electrons. The Morgan fingerprint density at radius 3 is 2.73 bits per heavy atom. The second kappa shape index (κ2) is 3.22. The van der Waals surface area contributed by atoms with Crippen molar-refractivity contribution in [3.8, 4) is 0 Å². The lowest BCUT2D eigenvalue weighted by Gasteiger charge is -2.34. The molecule has 0 N–H and O–H groups in total. The monoisotopic (exact) mass is 151 g/mol. The Labute approximate surface area is 69.4 Å². The average Bonchev–Trinajstić information content (AvgIpc) is 1.94. The van der Waals surface area contributed by atoms with Gasteiger partial charge in [0, 0.05) is 12.1 Å². The molecular formula is C10H17N. The van der Waals surface area contributed by atoms with Crippen LogP contribution >= 0.6 is 0 Å². The molecule has 2 atom stereocenters. The Bertz CT molecular complexity index is 181. The molecule has 0 saturated carbocycles. The van der Waals surface area contributed by atoms with Crippen LogP contribution in [0.1, 0.15) is 20.3 Å². The predicted octanol–water partition coefficient (Wildman–Crippen LogP) is 2.21. The molecule has 2 unspecified atom stereocenters. The van der Waals surface area contributed by atoms with Crippen molar-refractivity contribution in [2.45, 2.75) is 32.4 Å². The summed E-state index contributed by atoms with van der Waals surface area (Å²) in [5, 5.41) is 0. The van der Waals surface area contributed by atoms with Crippen LogP contribution in [-0.4, -0.2) is 24.0 Å². The Hall–Kier alpha value is -0.560. The third kappa shape index (κ3) is 1.72. The van der Waals surface area contributed by atoms with E-state index in [1.165, 1.54) is 5.57 Å². The molecular weight excluding hydrogens is 134 g/mol. The lowest BCUT2D eigenvalue weighted by atomic mass is 9.99. The van der Waals surface area contributed by atoms with Crippen molar-refractivity contribution >= 4 is 0 Å². The molecule has 1 heteroatoms. The van der Waals surface area contributed by atoms with Gasteiger partial charge in [-0.05, 0) is 27.3 Å². The second-order valence-electron chi connectivity index (χ2n) is 3.43. The highest BCUT2D eigenvalue weighted by atomic mass is 15.2. The van der Waals surface area contributed by atoms with E-state index in [4.69, 9.17) is 0 Å².